The topological polar surface area (TPSA) is 49.8 Å². The largest absolute Gasteiger partial charge is 0.387 e. The molecule has 1 aromatic carbocycles. The van der Waals surface area contributed by atoms with Gasteiger partial charge in [0.2, 0.25) is 5.91 Å². The highest BCUT2D eigenvalue weighted by Crippen LogP contribution is 2.49. The zero-order valence-corrected chi connectivity index (χ0v) is 15.9. The van der Waals surface area contributed by atoms with Crippen LogP contribution in [0.4, 0.5) is 5.69 Å². The number of hydrogen-bond donors (Lipinski definition) is 1. The van der Waals surface area contributed by atoms with Crippen LogP contribution in [0.3, 0.4) is 0 Å². The quantitative estimate of drug-likeness (QED) is 0.782. The summed E-state index contributed by atoms with van der Waals surface area (Å²) in [5.74, 6) is 1.00. The first kappa shape index (κ1) is 18.0. The maximum absolute atomic E-state index is 13.2. The molecular weight excluding hydrogens is 326 g/mol. The van der Waals surface area contributed by atoms with Crippen LogP contribution in [-0.4, -0.2) is 36.4 Å². The van der Waals surface area contributed by atoms with Gasteiger partial charge in [0.15, 0.2) is 0 Å². The second-order valence-electron chi connectivity index (χ2n) is 8.63. The first-order valence-electron chi connectivity index (χ1n) is 10.3. The summed E-state index contributed by atoms with van der Waals surface area (Å²) in [4.78, 5) is 15.2. The predicted molar refractivity (Wildman–Crippen MR) is 102 cm³/mol. The SMILES string of the molecule is CCCOCC1(O)CCC2(CCN(c3ccc(C4CC4)cc3)C2=O)CC1. The van der Waals surface area contributed by atoms with E-state index in [2.05, 4.69) is 31.2 Å². The van der Waals surface area contributed by atoms with Crippen LogP contribution in [0.5, 0.6) is 0 Å². The maximum Gasteiger partial charge on any atom is 0.233 e. The lowest BCUT2D eigenvalue weighted by molar-refractivity contribution is -0.134. The van der Waals surface area contributed by atoms with Gasteiger partial charge < -0.3 is 14.7 Å². The molecule has 3 fully saturated rings. The lowest BCUT2D eigenvalue weighted by Crippen LogP contribution is -2.45. The number of ether oxygens (including phenoxy) is 1. The fraction of sp³-hybridized carbons (Fsp3) is 0.682. The molecule has 0 bridgehead atoms. The van der Waals surface area contributed by atoms with Crippen molar-refractivity contribution in [3.05, 3.63) is 29.8 Å². The highest BCUT2D eigenvalue weighted by molar-refractivity contribution is 6.00. The van der Waals surface area contributed by atoms with Crippen LogP contribution in [-0.2, 0) is 9.53 Å². The summed E-state index contributed by atoms with van der Waals surface area (Å²) in [5, 5.41) is 10.7. The molecule has 1 amide bonds. The summed E-state index contributed by atoms with van der Waals surface area (Å²) in [6.45, 7) is 3.96. The molecular formula is C22H31NO3. The van der Waals surface area contributed by atoms with E-state index >= 15 is 0 Å². The van der Waals surface area contributed by atoms with Crippen LogP contribution in [0.25, 0.3) is 0 Å². The molecule has 0 unspecified atom stereocenters. The van der Waals surface area contributed by atoms with Gasteiger partial charge in [-0.1, -0.05) is 19.1 Å². The molecule has 2 saturated carbocycles. The second-order valence-corrected chi connectivity index (χ2v) is 8.63. The van der Waals surface area contributed by atoms with E-state index in [4.69, 9.17) is 4.74 Å². The molecule has 2 aliphatic carbocycles. The van der Waals surface area contributed by atoms with Crippen molar-refractivity contribution in [1.29, 1.82) is 0 Å². The first-order valence-corrected chi connectivity index (χ1v) is 10.3. The summed E-state index contributed by atoms with van der Waals surface area (Å²) in [5.41, 5.74) is 1.42. The van der Waals surface area contributed by atoms with Gasteiger partial charge in [-0.15, -0.1) is 0 Å². The van der Waals surface area contributed by atoms with E-state index in [-0.39, 0.29) is 11.3 Å². The van der Waals surface area contributed by atoms with Crippen LogP contribution < -0.4 is 4.90 Å². The minimum atomic E-state index is -0.750. The molecule has 1 N–H and O–H groups in total. The molecule has 0 radical (unpaired) electrons. The van der Waals surface area contributed by atoms with Crippen molar-refractivity contribution < 1.29 is 14.6 Å². The van der Waals surface area contributed by atoms with Crippen molar-refractivity contribution >= 4 is 11.6 Å². The smallest absolute Gasteiger partial charge is 0.233 e. The van der Waals surface area contributed by atoms with E-state index < -0.39 is 5.60 Å². The van der Waals surface area contributed by atoms with Crippen LogP contribution in [0, 0.1) is 5.41 Å². The Kier molecular flexibility index (Phi) is 4.83. The molecule has 0 aromatic heterocycles. The number of amides is 1. The average molecular weight is 357 g/mol. The molecule has 0 atom stereocenters. The summed E-state index contributed by atoms with van der Waals surface area (Å²) >= 11 is 0. The molecule has 1 heterocycles. The van der Waals surface area contributed by atoms with E-state index in [1.807, 2.05) is 4.90 Å². The lowest BCUT2D eigenvalue weighted by atomic mass is 9.68. The second kappa shape index (κ2) is 6.97. The van der Waals surface area contributed by atoms with Crippen LogP contribution in [0.2, 0.25) is 0 Å². The molecule has 4 heteroatoms. The maximum atomic E-state index is 13.2. The van der Waals surface area contributed by atoms with Crippen molar-refractivity contribution in [2.75, 3.05) is 24.7 Å². The zero-order valence-electron chi connectivity index (χ0n) is 15.9. The van der Waals surface area contributed by atoms with Gasteiger partial charge >= 0.3 is 0 Å². The molecule has 4 nitrogen and oxygen atoms in total. The zero-order chi connectivity index (χ0) is 18.2. The Morgan fingerprint density at radius 2 is 1.81 bits per heavy atom. The highest BCUT2D eigenvalue weighted by atomic mass is 16.5. The van der Waals surface area contributed by atoms with Gasteiger partial charge in [-0.25, -0.2) is 0 Å². The third-order valence-corrected chi connectivity index (χ3v) is 6.62. The standard InChI is InChI=1S/C22H31NO3/c1-2-15-26-16-22(25)11-9-21(10-12-22)13-14-23(20(21)24)19-7-5-18(6-8-19)17-3-4-17/h5-8,17,25H,2-4,9-16H2,1H3. The fourth-order valence-electron chi connectivity index (χ4n) is 4.62. The van der Waals surface area contributed by atoms with E-state index in [0.717, 1.165) is 43.8 Å². The fourth-order valence-corrected chi connectivity index (χ4v) is 4.62. The lowest BCUT2D eigenvalue weighted by Gasteiger charge is -2.40. The van der Waals surface area contributed by atoms with Gasteiger partial charge in [-0.2, -0.15) is 0 Å². The predicted octanol–water partition coefficient (Wildman–Crippen LogP) is 4.02. The van der Waals surface area contributed by atoms with Crippen molar-refractivity contribution in [3.8, 4) is 0 Å². The molecule has 142 valence electrons. The third kappa shape index (κ3) is 3.41. The minimum Gasteiger partial charge on any atom is -0.387 e. The number of anilines is 1. The Balaban J connectivity index is 1.39. The van der Waals surface area contributed by atoms with Gasteiger partial charge in [0, 0.05) is 18.8 Å². The van der Waals surface area contributed by atoms with E-state index in [1.165, 1.54) is 18.4 Å². The summed E-state index contributed by atoms with van der Waals surface area (Å²) in [7, 11) is 0. The number of carbonyl (C=O) groups is 1. The van der Waals surface area contributed by atoms with Crippen molar-refractivity contribution in [1.82, 2.24) is 0 Å². The Bertz CT molecular complexity index is 642. The number of aliphatic hydroxyl groups is 1. The Morgan fingerprint density at radius 1 is 1.12 bits per heavy atom. The molecule has 1 aliphatic heterocycles. The monoisotopic (exact) mass is 357 g/mol. The van der Waals surface area contributed by atoms with Gasteiger partial charge in [0.05, 0.1) is 17.6 Å². The number of hydrogen-bond acceptors (Lipinski definition) is 3. The van der Waals surface area contributed by atoms with Crippen LogP contribution >= 0.6 is 0 Å². The van der Waals surface area contributed by atoms with Crippen molar-refractivity contribution in [2.24, 2.45) is 5.41 Å². The van der Waals surface area contributed by atoms with Gasteiger partial charge in [-0.3, -0.25) is 4.79 Å². The van der Waals surface area contributed by atoms with Gasteiger partial charge in [0.1, 0.15) is 0 Å². The number of nitrogens with zero attached hydrogens (tertiary/aromatic N) is 1. The number of benzene rings is 1. The highest BCUT2D eigenvalue weighted by Gasteiger charge is 2.51. The Labute approximate surface area is 156 Å². The third-order valence-electron chi connectivity index (χ3n) is 6.62. The molecule has 3 aliphatic rings. The summed E-state index contributed by atoms with van der Waals surface area (Å²) in [6.07, 6.45) is 7.35. The van der Waals surface area contributed by atoms with E-state index in [9.17, 15) is 9.90 Å². The van der Waals surface area contributed by atoms with Gasteiger partial charge in [0.25, 0.3) is 0 Å². The Morgan fingerprint density at radius 3 is 2.42 bits per heavy atom. The molecule has 1 spiro atoms. The average Bonchev–Trinajstić information content (AvgIpc) is 3.45. The van der Waals surface area contributed by atoms with Crippen molar-refractivity contribution in [2.45, 2.75) is 69.8 Å². The molecule has 1 aromatic rings. The van der Waals surface area contributed by atoms with Crippen LogP contribution in [0.1, 0.15) is 69.8 Å². The first-order chi connectivity index (χ1) is 12.6. The molecule has 26 heavy (non-hydrogen) atoms. The van der Waals surface area contributed by atoms with Crippen LogP contribution in [0.15, 0.2) is 24.3 Å². The van der Waals surface area contributed by atoms with E-state index in [0.29, 0.717) is 26.1 Å². The minimum absolute atomic E-state index is 0.258. The number of rotatable bonds is 6. The van der Waals surface area contributed by atoms with Crippen molar-refractivity contribution in [3.63, 3.8) is 0 Å². The Hall–Kier alpha value is -1.39. The molecule has 4 rings (SSSR count). The number of carbonyl (C=O) groups excluding carboxylic acids is 1. The van der Waals surface area contributed by atoms with Gasteiger partial charge in [-0.05, 0) is 75.0 Å². The molecule has 1 saturated heterocycles. The van der Waals surface area contributed by atoms with E-state index in [1.54, 1.807) is 0 Å². The normalized spacial score (nSPS) is 31.8. The summed E-state index contributed by atoms with van der Waals surface area (Å²) < 4.78 is 5.58. The summed E-state index contributed by atoms with van der Waals surface area (Å²) in [6, 6.07) is 8.61.